The minimum Gasteiger partial charge on any atom is -0.312 e. The van der Waals surface area contributed by atoms with Crippen molar-refractivity contribution in [3.05, 3.63) is 34.3 Å². The fourth-order valence-corrected chi connectivity index (χ4v) is 2.37. The first-order valence-electron chi connectivity index (χ1n) is 7.24. The van der Waals surface area contributed by atoms with E-state index in [4.69, 9.17) is 0 Å². The van der Waals surface area contributed by atoms with Crippen molar-refractivity contribution in [2.75, 3.05) is 13.6 Å². The number of likely N-dealkylation sites (N-methyl/N-ethyl adjacent to an activating group) is 1. The van der Waals surface area contributed by atoms with Crippen LogP contribution in [0, 0.1) is 0 Å². The number of nitrogens with one attached hydrogen (secondary N) is 1. The van der Waals surface area contributed by atoms with Gasteiger partial charge in [0.15, 0.2) is 0 Å². The third-order valence-corrected chi connectivity index (χ3v) is 4.31. The van der Waals surface area contributed by atoms with Gasteiger partial charge in [-0.25, -0.2) is 0 Å². The number of halogens is 1. The van der Waals surface area contributed by atoms with Crippen molar-refractivity contribution in [3.8, 4) is 0 Å². The fourth-order valence-electron chi connectivity index (χ4n) is 2.10. The summed E-state index contributed by atoms with van der Waals surface area (Å²) in [7, 11) is 2.20. The van der Waals surface area contributed by atoms with E-state index >= 15 is 0 Å². The van der Waals surface area contributed by atoms with Gasteiger partial charge in [0, 0.05) is 29.6 Å². The minimum absolute atomic E-state index is 0.546. The molecule has 0 bridgehead atoms. The van der Waals surface area contributed by atoms with Crippen molar-refractivity contribution in [2.24, 2.45) is 0 Å². The summed E-state index contributed by atoms with van der Waals surface area (Å²) in [5.41, 5.74) is 1.36. The van der Waals surface area contributed by atoms with Gasteiger partial charge in [0.1, 0.15) is 0 Å². The quantitative estimate of drug-likeness (QED) is 0.775. The van der Waals surface area contributed by atoms with E-state index in [-0.39, 0.29) is 0 Å². The molecule has 1 unspecified atom stereocenters. The summed E-state index contributed by atoms with van der Waals surface area (Å²) in [6.45, 7) is 8.83. The summed E-state index contributed by atoms with van der Waals surface area (Å²) < 4.78 is 1.14. The molecule has 1 atom stereocenters. The van der Waals surface area contributed by atoms with Crippen LogP contribution < -0.4 is 5.32 Å². The van der Waals surface area contributed by atoms with Crippen molar-refractivity contribution in [3.63, 3.8) is 0 Å². The fraction of sp³-hybridized carbons (Fsp3) is 0.625. The monoisotopic (exact) mass is 326 g/mol. The molecule has 0 amide bonds. The highest BCUT2D eigenvalue weighted by atomic mass is 79.9. The maximum absolute atomic E-state index is 3.65. The molecule has 0 spiro atoms. The smallest absolute Gasteiger partial charge is 0.0234 e. The molecule has 3 heteroatoms. The van der Waals surface area contributed by atoms with Crippen molar-refractivity contribution < 1.29 is 0 Å². The summed E-state index contributed by atoms with van der Waals surface area (Å²) in [4.78, 5) is 2.40. The highest BCUT2D eigenvalue weighted by molar-refractivity contribution is 9.10. The zero-order valence-electron chi connectivity index (χ0n) is 12.6. The Morgan fingerprint density at radius 3 is 2.26 bits per heavy atom. The van der Waals surface area contributed by atoms with Gasteiger partial charge in [-0.1, -0.05) is 41.9 Å². The molecular formula is C16H27BrN2. The molecule has 1 rings (SSSR count). The zero-order valence-corrected chi connectivity index (χ0v) is 14.2. The summed E-state index contributed by atoms with van der Waals surface area (Å²) in [6.07, 6.45) is 2.42. The normalized spacial score (nSPS) is 13.2. The molecule has 0 aromatic heterocycles. The second-order valence-electron chi connectivity index (χ2n) is 5.31. The highest BCUT2D eigenvalue weighted by Crippen LogP contribution is 2.12. The summed E-state index contributed by atoms with van der Waals surface area (Å²) >= 11 is 3.47. The van der Waals surface area contributed by atoms with Crippen LogP contribution in [0.1, 0.15) is 39.2 Å². The third-order valence-electron chi connectivity index (χ3n) is 3.79. The molecule has 0 aliphatic rings. The van der Waals surface area contributed by atoms with E-state index in [0.717, 1.165) is 17.6 Å². The van der Waals surface area contributed by atoms with E-state index in [2.05, 4.69) is 78.2 Å². The minimum atomic E-state index is 0.546. The van der Waals surface area contributed by atoms with Crippen LogP contribution in [-0.2, 0) is 6.54 Å². The van der Waals surface area contributed by atoms with Crippen LogP contribution in [0.3, 0.4) is 0 Å². The van der Waals surface area contributed by atoms with E-state index in [1.165, 1.54) is 18.4 Å². The Morgan fingerprint density at radius 2 is 1.74 bits per heavy atom. The maximum atomic E-state index is 3.65. The number of benzene rings is 1. The van der Waals surface area contributed by atoms with Crippen molar-refractivity contribution in [2.45, 2.75) is 52.2 Å². The molecule has 0 aliphatic heterocycles. The SMILES string of the molecule is CCC(CC)NCC(C)N(C)Cc1ccc(Br)cc1. The second kappa shape index (κ2) is 8.72. The predicted octanol–water partition coefficient (Wildman–Crippen LogP) is 4.05. The third kappa shape index (κ3) is 6.07. The summed E-state index contributed by atoms with van der Waals surface area (Å²) in [5, 5.41) is 3.65. The number of hydrogen-bond donors (Lipinski definition) is 1. The van der Waals surface area contributed by atoms with Gasteiger partial charge >= 0.3 is 0 Å². The Labute approximate surface area is 126 Å². The molecule has 0 saturated carbocycles. The van der Waals surface area contributed by atoms with Crippen molar-refractivity contribution in [1.82, 2.24) is 10.2 Å². The van der Waals surface area contributed by atoms with E-state index in [9.17, 15) is 0 Å². The summed E-state index contributed by atoms with van der Waals surface area (Å²) in [5.74, 6) is 0. The molecule has 0 radical (unpaired) electrons. The standard InChI is InChI=1S/C16H27BrN2/c1-5-16(6-2)18-11-13(3)19(4)12-14-7-9-15(17)10-8-14/h7-10,13,16,18H,5-6,11-12H2,1-4H3. The zero-order chi connectivity index (χ0) is 14.3. The lowest BCUT2D eigenvalue weighted by Gasteiger charge is -2.27. The van der Waals surface area contributed by atoms with Crippen LogP contribution in [0.15, 0.2) is 28.7 Å². The maximum Gasteiger partial charge on any atom is 0.0234 e. The van der Waals surface area contributed by atoms with Crippen LogP contribution >= 0.6 is 15.9 Å². The first-order chi connectivity index (χ1) is 9.06. The van der Waals surface area contributed by atoms with E-state index in [1.807, 2.05) is 0 Å². The molecule has 1 aromatic rings. The molecule has 0 aliphatic carbocycles. The van der Waals surface area contributed by atoms with Gasteiger partial charge in [-0.15, -0.1) is 0 Å². The van der Waals surface area contributed by atoms with Gasteiger partial charge in [-0.05, 0) is 44.5 Å². The van der Waals surface area contributed by atoms with Gasteiger partial charge in [0.25, 0.3) is 0 Å². The van der Waals surface area contributed by atoms with Crippen LogP contribution in [0.2, 0.25) is 0 Å². The van der Waals surface area contributed by atoms with Crippen LogP contribution in [0.5, 0.6) is 0 Å². The number of rotatable bonds is 8. The lowest BCUT2D eigenvalue weighted by atomic mass is 10.1. The van der Waals surface area contributed by atoms with E-state index in [1.54, 1.807) is 0 Å². The van der Waals surface area contributed by atoms with Gasteiger partial charge in [-0.2, -0.15) is 0 Å². The van der Waals surface area contributed by atoms with Crippen LogP contribution in [0.4, 0.5) is 0 Å². The predicted molar refractivity (Wildman–Crippen MR) is 87.4 cm³/mol. The molecule has 19 heavy (non-hydrogen) atoms. The van der Waals surface area contributed by atoms with Gasteiger partial charge in [0.05, 0.1) is 0 Å². The Balaban J connectivity index is 2.39. The van der Waals surface area contributed by atoms with Gasteiger partial charge in [-0.3, -0.25) is 4.90 Å². The van der Waals surface area contributed by atoms with Crippen LogP contribution in [0.25, 0.3) is 0 Å². The first kappa shape index (κ1) is 16.7. The van der Waals surface area contributed by atoms with Crippen LogP contribution in [-0.4, -0.2) is 30.6 Å². The molecule has 0 fully saturated rings. The van der Waals surface area contributed by atoms with E-state index < -0.39 is 0 Å². The Hall–Kier alpha value is -0.380. The molecule has 0 heterocycles. The molecule has 1 N–H and O–H groups in total. The number of nitrogens with zero attached hydrogens (tertiary/aromatic N) is 1. The molecular weight excluding hydrogens is 300 g/mol. The Bertz CT molecular complexity index is 346. The average molecular weight is 327 g/mol. The van der Waals surface area contributed by atoms with E-state index in [0.29, 0.717) is 12.1 Å². The Morgan fingerprint density at radius 1 is 1.16 bits per heavy atom. The van der Waals surface area contributed by atoms with Crippen molar-refractivity contribution >= 4 is 15.9 Å². The Kier molecular flexibility index (Phi) is 7.66. The largest absolute Gasteiger partial charge is 0.312 e. The second-order valence-corrected chi connectivity index (χ2v) is 6.23. The summed E-state index contributed by atoms with van der Waals surface area (Å²) in [6, 6.07) is 9.78. The topological polar surface area (TPSA) is 15.3 Å². The first-order valence-corrected chi connectivity index (χ1v) is 8.04. The highest BCUT2D eigenvalue weighted by Gasteiger charge is 2.11. The lowest BCUT2D eigenvalue weighted by Crippen LogP contribution is -2.41. The van der Waals surface area contributed by atoms with Gasteiger partial charge < -0.3 is 5.32 Å². The molecule has 2 nitrogen and oxygen atoms in total. The number of hydrogen-bond acceptors (Lipinski definition) is 2. The lowest BCUT2D eigenvalue weighted by molar-refractivity contribution is 0.235. The molecule has 1 aromatic carbocycles. The molecule has 0 saturated heterocycles. The van der Waals surface area contributed by atoms with Gasteiger partial charge in [0.2, 0.25) is 0 Å². The van der Waals surface area contributed by atoms with Crippen molar-refractivity contribution in [1.29, 1.82) is 0 Å². The molecule has 108 valence electrons. The average Bonchev–Trinajstić information content (AvgIpc) is 2.42.